The van der Waals surface area contributed by atoms with Crippen molar-refractivity contribution in [1.82, 2.24) is 10.6 Å². The van der Waals surface area contributed by atoms with E-state index in [0.717, 1.165) is 22.3 Å². The first kappa shape index (κ1) is 30.3. The number of esters is 1. The molecule has 0 unspecified atom stereocenters. The van der Waals surface area contributed by atoms with Crippen LogP contribution in [0.25, 0.3) is 11.1 Å². The highest BCUT2D eigenvalue weighted by Crippen LogP contribution is 2.45. The van der Waals surface area contributed by atoms with Crippen LogP contribution in [0.3, 0.4) is 0 Å². The molecule has 0 aromatic heterocycles. The summed E-state index contributed by atoms with van der Waals surface area (Å²) in [7, 11) is 1.57. The third kappa shape index (κ3) is 5.75. The highest BCUT2D eigenvalue weighted by Gasteiger charge is 2.42. The van der Waals surface area contributed by atoms with Crippen LogP contribution in [0.1, 0.15) is 51.0 Å². The molecule has 0 spiro atoms. The topological polar surface area (TPSA) is 93.7 Å². The molecule has 230 valence electrons. The lowest BCUT2D eigenvalue weighted by molar-refractivity contribution is -0.155. The Hall–Kier alpha value is -5.69. The van der Waals surface area contributed by atoms with E-state index in [2.05, 4.69) is 34.9 Å². The normalized spacial score (nSPS) is 12.7. The second kappa shape index (κ2) is 13.1. The number of amides is 2. The standard InChI is InChI=1S/C39H34N2O5/c1-26(41-38(44)45-25-35-33-19-11-9-17-31(33)32-18-10-12-20-34(32)35)37(43)46-39(28-13-5-3-6-14-28,29-15-7-4-8-16-29)30-23-21-27(22-24-30)36(42)40-2/h3-24,26,35H,25H2,1-2H3,(H,40,42)(H,41,44)/t26-/m0/s1. The van der Waals surface area contributed by atoms with Crippen molar-refractivity contribution < 1.29 is 23.9 Å². The number of alkyl carbamates (subject to hydrolysis) is 1. The minimum Gasteiger partial charge on any atom is -0.449 e. The second-order valence-corrected chi connectivity index (χ2v) is 11.2. The highest BCUT2D eigenvalue weighted by atomic mass is 16.6. The summed E-state index contributed by atoms with van der Waals surface area (Å²) in [5.74, 6) is -0.993. The fourth-order valence-electron chi connectivity index (χ4n) is 6.14. The first-order chi connectivity index (χ1) is 22.4. The third-order valence-electron chi connectivity index (χ3n) is 8.43. The molecule has 5 aromatic rings. The number of benzene rings is 5. The van der Waals surface area contributed by atoms with E-state index in [-0.39, 0.29) is 18.4 Å². The zero-order valence-electron chi connectivity index (χ0n) is 25.6. The van der Waals surface area contributed by atoms with Gasteiger partial charge < -0.3 is 20.1 Å². The predicted molar refractivity (Wildman–Crippen MR) is 176 cm³/mol. The lowest BCUT2D eigenvalue weighted by Crippen LogP contribution is -2.45. The van der Waals surface area contributed by atoms with Crippen LogP contribution in [-0.4, -0.2) is 37.7 Å². The van der Waals surface area contributed by atoms with E-state index in [1.807, 2.05) is 84.9 Å². The molecule has 6 rings (SSSR count). The van der Waals surface area contributed by atoms with Crippen molar-refractivity contribution in [2.24, 2.45) is 0 Å². The molecule has 0 bridgehead atoms. The quantitative estimate of drug-likeness (QED) is 0.141. The van der Waals surface area contributed by atoms with Gasteiger partial charge in [0.05, 0.1) is 0 Å². The van der Waals surface area contributed by atoms with E-state index in [4.69, 9.17) is 9.47 Å². The molecule has 5 aromatic carbocycles. The van der Waals surface area contributed by atoms with Gasteiger partial charge in [0, 0.05) is 35.2 Å². The van der Waals surface area contributed by atoms with Crippen molar-refractivity contribution in [3.8, 4) is 11.1 Å². The molecule has 7 nitrogen and oxygen atoms in total. The van der Waals surface area contributed by atoms with Crippen molar-refractivity contribution in [2.45, 2.75) is 24.5 Å². The average molecular weight is 611 g/mol. The molecule has 46 heavy (non-hydrogen) atoms. The first-order valence-electron chi connectivity index (χ1n) is 15.2. The third-order valence-corrected chi connectivity index (χ3v) is 8.43. The van der Waals surface area contributed by atoms with Gasteiger partial charge in [-0.3, -0.25) is 4.79 Å². The molecule has 0 heterocycles. The molecular weight excluding hydrogens is 576 g/mol. The van der Waals surface area contributed by atoms with E-state index in [0.29, 0.717) is 22.3 Å². The van der Waals surface area contributed by atoms with Gasteiger partial charge in [-0.15, -0.1) is 0 Å². The molecule has 0 radical (unpaired) electrons. The summed E-state index contributed by atoms with van der Waals surface area (Å²) in [6.45, 7) is 1.69. The van der Waals surface area contributed by atoms with Gasteiger partial charge >= 0.3 is 12.1 Å². The Bertz CT molecular complexity index is 1770. The number of ether oxygens (including phenoxy) is 2. The SMILES string of the molecule is CNC(=O)c1ccc(C(OC(=O)[C@H](C)NC(=O)OCC2c3ccccc3-c3ccccc32)(c2ccccc2)c2ccccc2)cc1. The zero-order valence-corrected chi connectivity index (χ0v) is 25.6. The Morgan fingerprint density at radius 3 is 1.67 bits per heavy atom. The van der Waals surface area contributed by atoms with Gasteiger partial charge in [0.1, 0.15) is 12.6 Å². The maximum atomic E-state index is 13.9. The summed E-state index contributed by atoms with van der Waals surface area (Å²) >= 11 is 0. The molecule has 2 amide bonds. The van der Waals surface area contributed by atoms with Crippen LogP contribution in [0.2, 0.25) is 0 Å². The van der Waals surface area contributed by atoms with Crippen molar-refractivity contribution in [3.63, 3.8) is 0 Å². The largest absolute Gasteiger partial charge is 0.449 e. The lowest BCUT2D eigenvalue weighted by atomic mass is 9.79. The maximum Gasteiger partial charge on any atom is 0.407 e. The van der Waals surface area contributed by atoms with Gasteiger partial charge in [0.2, 0.25) is 0 Å². The van der Waals surface area contributed by atoms with Gasteiger partial charge in [-0.25, -0.2) is 9.59 Å². The van der Waals surface area contributed by atoms with Gasteiger partial charge in [0.25, 0.3) is 5.91 Å². The van der Waals surface area contributed by atoms with E-state index < -0.39 is 23.7 Å². The van der Waals surface area contributed by atoms with Gasteiger partial charge in [-0.2, -0.15) is 0 Å². The van der Waals surface area contributed by atoms with E-state index in [1.165, 1.54) is 0 Å². The Labute approximate surface area is 268 Å². The number of rotatable bonds is 9. The monoisotopic (exact) mass is 610 g/mol. The van der Waals surface area contributed by atoms with Gasteiger partial charge in [0.15, 0.2) is 5.60 Å². The molecule has 2 N–H and O–H groups in total. The Morgan fingerprint density at radius 1 is 0.674 bits per heavy atom. The van der Waals surface area contributed by atoms with Crippen molar-refractivity contribution in [2.75, 3.05) is 13.7 Å². The molecule has 1 aliphatic rings. The maximum absolute atomic E-state index is 13.9. The van der Waals surface area contributed by atoms with Gasteiger partial charge in [-0.05, 0) is 41.3 Å². The van der Waals surface area contributed by atoms with Crippen LogP contribution in [0.15, 0.2) is 133 Å². The summed E-state index contributed by atoms with van der Waals surface area (Å²) in [5.41, 5.74) is 5.60. The van der Waals surface area contributed by atoms with Gasteiger partial charge in [-0.1, -0.05) is 121 Å². The molecule has 0 fully saturated rings. The summed E-state index contributed by atoms with van der Waals surface area (Å²) < 4.78 is 12.1. The Kier molecular flexibility index (Phi) is 8.65. The van der Waals surface area contributed by atoms with Crippen LogP contribution in [0.4, 0.5) is 4.79 Å². The van der Waals surface area contributed by atoms with Crippen LogP contribution >= 0.6 is 0 Å². The molecule has 1 aliphatic carbocycles. The summed E-state index contributed by atoms with van der Waals surface area (Å²) in [4.78, 5) is 39.2. The lowest BCUT2D eigenvalue weighted by Gasteiger charge is -2.36. The molecule has 7 heteroatoms. The Morgan fingerprint density at radius 2 is 1.15 bits per heavy atom. The number of carbonyl (C=O) groups is 3. The first-order valence-corrected chi connectivity index (χ1v) is 15.2. The number of carbonyl (C=O) groups excluding carboxylic acids is 3. The van der Waals surface area contributed by atoms with E-state index in [9.17, 15) is 14.4 Å². The highest BCUT2D eigenvalue weighted by molar-refractivity contribution is 5.94. The van der Waals surface area contributed by atoms with E-state index in [1.54, 1.807) is 38.2 Å². The van der Waals surface area contributed by atoms with Crippen molar-refractivity contribution in [1.29, 1.82) is 0 Å². The van der Waals surface area contributed by atoms with Crippen LogP contribution < -0.4 is 10.6 Å². The molecule has 0 aliphatic heterocycles. The molecule has 1 atom stereocenters. The number of nitrogens with one attached hydrogen (secondary N) is 2. The fourth-order valence-corrected chi connectivity index (χ4v) is 6.14. The summed E-state index contributed by atoms with van der Waals surface area (Å²) in [6, 6.07) is 40.9. The van der Waals surface area contributed by atoms with Crippen molar-refractivity contribution >= 4 is 18.0 Å². The zero-order chi connectivity index (χ0) is 32.1. The minimum atomic E-state index is -1.38. The second-order valence-electron chi connectivity index (χ2n) is 11.2. The summed E-state index contributed by atoms with van der Waals surface area (Å²) in [5, 5.41) is 5.30. The average Bonchev–Trinajstić information content (AvgIpc) is 3.43. The molecular formula is C39H34N2O5. The smallest absolute Gasteiger partial charge is 0.407 e. The number of fused-ring (bicyclic) bond motifs is 3. The number of hydrogen-bond acceptors (Lipinski definition) is 5. The predicted octanol–water partition coefficient (Wildman–Crippen LogP) is 6.81. The van der Waals surface area contributed by atoms with Crippen LogP contribution in [0.5, 0.6) is 0 Å². The molecule has 0 saturated heterocycles. The van der Waals surface area contributed by atoms with Crippen LogP contribution in [0, 0.1) is 0 Å². The molecule has 0 saturated carbocycles. The van der Waals surface area contributed by atoms with Crippen LogP contribution in [-0.2, 0) is 19.9 Å². The summed E-state index contributed by atoms with van der Waals surface area (Å²) in [6.07, 6.45) is -0.716. The Balaban J connectivity index is 1.25. The number of hydrogen-bond donors (Lipinski definition) is 2. The van der Waals surface area contributed by atoms with Crippen molar-refractivity contribution in [3.05, 3.63) is 167 Å². The minimum absolute atomic E-state index is 0.109. The van der Waals surface area contributed by atoms with E-state index >= 15 is 0 Å². The fraction of sp³-hybridized carbons (Fsp3) is 0.154.